The highest BCUT2D eigenvalue weighted by molar-refractivity contribution is 5.92. The topological polar surface area (TPSA) is 88.9 Å². The van der Waals surface area contributed by atoms with E-state index in [0.29, 0.717) is 28.2 Å². The van der Waals surface area contributed by atoms with E-state index >= 15 is 0 Å². The van der Waals surface area contributed by atoms with Crippen molar-refractivity contribution < 1.29 is 14.2 Å². The Morgan fingerprint density at radius 2 is 2.18 bits per heavy atom. The number of nitrogens with one attached hydrogen (secondary N) is 1. The second kappa shape index (κ2) is 6.13. The number of hydrogen-bond acceptors (Lipinski definition) is 5. The van der Waals surface area contributed by atoms with Crippen LogP contribution in [-0.4, -0.2) is 43.3 Å². The summed E-state index contributed by atoms with van der Waals surface area (Å²) in [6.45, 7) is 0. The van der Waals surface area contributed by atoms with Crippen LogP contribution in [0.15, 0.2) is 36.7 Å². The van der Waals surface area contributed by atoms with Gasteiger partial charge in [0.1, 0.15) is 34.9 Å². The number of hydrogen-bond donors (Lipinski definition) is 2. The minimum atomic E-state index is -1.31. The third kappa shape index (κ3) is 2.41. The van der Waals surface area contributed by atoms with Crippen molar-refractivity contribution in [3.8, 4) is 28.3 Å². The molecule has 3 aromatic heterocycles. The van der Waals surface area contributed by atoms with Crippen LogP contribution in [0.2, 0.25) is 0 Å². The number of aliphatic hydroxyl groups excluding tert-OH is 1. The standard InChI is InChI=1S/C20H18FN5O2/c1-26-9-10(8-22-26)17-19-15(24-25-17)7-16(28-2)18(23-19)11-4-3-5-12-13(11)6-14(21)20(12)27/h3-5,7-9,14,20,27H,6H2,1-2H3,(H,24,25). The molecule has 142 valence electrons. The third-order valence-electron chi connectivity index (χ3n) is 5.23. The number of rotatable bonds is 3. The first kappa shape index (κ1) is 16.9. The van der Waals surface area contributed by atoms with Gasteiger partial charge in [-0.1, -0.05) is 18.2 Å². The molecule has 0 aliphatic heterocycles. The molecule has 0 amide bonds. The maximum Gasteiger partial charge on any atom is 0.147 e. The van der Waals surface area contributed by atoms with Gasteiger partial charge in [-0.2, -0.15) is 10.2 Å². The second-order valence-electron chi connectivity index (χ2n) is 6.95. The summed E-state index contributed by atoms with van der Waals surface area (Å²) in [5.74, 6) is 0.555. The van der Waals surface area contributed by atoms with Crippen molar-refractivity contribution in [2.24, 2.45) is 7.05 Å². The largest absolute Gasteiger partial charge is 0.494 e. The van der Waals surface area contributed by atoms with Gasteiger partial charge >= 0.3 is 0 Å². The summed E-state index contributed by atoms with van der Waals surface area (Å²) in [5, 5.41) is 21.7. The fourth-order valence-electron chi connectivity index (χ4n) is 3.86. The van der Waals surface area contributed by atoms with Gasteiger partial charge in [0, 0.05) is 36.9 Å². The number of ether oxygens (including phenoxy) is 1. The van der Waals surface area contributed by atoms with E-state index in [1.54, 1.807) is 30.1 Å². The zero-order valence-electron chi connectivity index (χ0n) is 15.3. The molecule has 0 bridgehead atoms. The molecule has 3 heterocycles. The van der Waals surface area contributed by atoms with Crippen LogP contribution in [-0.2, 0) is 13.5 Å². The number of alkyl halides is 1. The molecule has 0 radical (unpaired) electrons. The molecule has 4 aromatic rings. The number of fused-ring (bicyclic) bond motifs is 2. The number of halogens is 1. The summed E-state index contributed by atoms with van der Waals surface area (Å²) in [6, 6.07) is 7.28. The summed E-state index contributed by atoms with van der Waals surface area (Å²) in [7, 11) is 3.41. The lowest BCUT2D eigenvalue weighted by Crippen LogP contribution is -2.05. The van der Waals surface area contributed by atoms with Crippen LogP contribution in [0.3, 0.4) is 0 Å². The van der Waals surface area contributed by atoms with E-state index in [0.717, 1.165) is 22.2 Å². The summed E-state index contributed by atoms with van der Waals surface area (Å²) in [4.78, 5) is 4.83. The minimum absolute atomic E-state index is 0.149. The smallest absolute Gasteiger partial charge is 0.147 e. The molecule has 0 spiro atoms. The summed E-state index contributed by atoms with van der Waals surface area (Å²) in [6.07, 6.45) is 1.32. The molecule has 8 heteroatoms. The number of H-pyrrole nitrogens is 1. The number of methoxy groups -OCH3 is 1. The number of benzene rings is 1. The normalized spacial score (nSPS) is 18.6. The molecule has 2 unspecified atom stereocenters. The van der Waals surface area contributed by atoms with Gasteiger partial charge in [0.2, 0.25) is 0 Å². The highest BCUT2D eigenvalue weighted by Gasteiger charge is 2.33. The number of aromatic nitrogens is 5. The lowest BCUT2D eigenvalue weighted by Gasteiger charge is -2.12. The molecule has 0 saturated heterocycles. The third-order valence-corrected chi connectivity index (χ3v) is 5.23. The van der Waals surface area contributed by atoms with E-state index in [9.17, 15) is 9.50 Å². The van der Waals surface area contributed by atoms with E-state index in [-0.39, 0.29) is 6.42 Å². The van der Waals surface area contributed by atoms with Crippen LogP contribution in [0.5, 0.6) is 5.75 Å². The molecule has 7 nitrogen and oxygen atoms in total. The summed E-state index contributed by atoms with van der Waals surface area (Å²) in [5.41, 5.74) is 5.66. The van der Waals surface area contributed by atoms with Gasteiger partial charge in [-0.3, -0.25) is 9.78 Å². The molecule has 1 aliphatic rings. The second-order valence-corrected chi connectivity index (χ2v) is 6.95. The number of aliphatic hydroxyl groups is 1. The first-order valence-corrected chi connectivity index (χ1v) is 8.93. The Morgan fingerprint density at radius 1 is 1.32 bits per heavy atom. The van der Waals surface area contributed by atoms with Crippen molar-refractivity contribution in [2.75, 3.05) is 7.11 Å². The van der Waals surface area contributed by atoms with E-state index < -0.39 is 12.3 Å². The van der Waals surface area contributed by atoms with Gasteiger partial charge < -0.3 is 9.84 Å². The quantitative estimate of drug-likeness (QED) is 0.571. The number of pyridine rings is 1. The minimum Gasteiger partial charge on any atom is -0.494 e. The Labute approximate surface area is 159 Å². The Morgan fingerprint density at radius 3 is 2.93 bits per heavy atom. The summed E-state index contributed by atoms with van der Waals surface area (Å²) < 4.78 is 21.4. The average molecular weight is 379 g/mol. The van der Waals surface area contributed by atoms with Crippen LogP contribution >= 0.6 is 0 Å². The molecule has 5 rings (SSSR count). The van der Waals surface area contributed by atoms with E-state index in [4.69, 9.17) is 9.72 Å². The maximum absolute atomic E-state index is 14.2. The van der Waals surface area contributed by atoms with Crippen molar-refractivity contribution in [1.82, 2.24) is 25.0 Å². The van der Waals surface area contributed by atoms with Crippen molar-refractivity contribution in [1.29, 1.82) is 0 Å². The predicted molar refractivity (Wildman–Crippen MR) is 102 cm³/mol. The van der Waals surface area contributed by atoms with Crippen LogP contribution in [0.25, 0.3) is 33.5 Å². The monoisotopic (exact) mass is 379 g/mol. The van der Waals surface area contributed by atoms with E-state index in [1.807, 2.05) is 25.4 Å². The maximum atomic E-state index is 14.2. The molecule has 1 aliphatic carbocycles. The van der Waals surface area contributed by atoms with Crippen molar-refractivity contribution in [3.05, 3.63) is 47.8 Å². The van der Waals surface area contributed by atoms with Gasteiger partial charge in [-0.25, -0.2) is 9.37 Å². The van der Waals surface area contributed by atoms with E-state index in [2.05, 4.69) is 15.3 Å². The SMILES string of the molecule is COc1cc2[nH]nc(-c3cnn(C)c3)c2nc1-c1cccc2c1CC(F)C2O. The van der Waals surface area contributed by atoms with Gasteiger partial charge in [0.25, 0.3) is 0 Å². The van der Waals surface area contributed by atoms with Gasteiger partial charge in [0.05, 0.1) is 18.8 Å². The molecular formula is C20H18FN5O2. The van der Waals surface area contributed by atoms with Crippen LogP contribution in [0.1, 0.15) is 17.2 Å². The van der Waals surface area contributed by atoms with Crippen LogP contribution in [0.4, 0.5) is 4.39 Å². The van der Waals surface area contributed by atoms with Gasteiger partial charge in [-0.15, -0.1) is 0 Å². The van der Waals surface area contributed by atoms with Gasteiger partial charge in [0.15, 0.2) is 0 Å². The van der Waals surface area contributed by atoms with E-state index in [1.165, 1.54) is 0 Å². The number of nitrogens with zero attached hydrogens (tertiary/aromatic N) is 4. The van der Waals surface area contributed by atoms with Crippen molar-refractivity contribution in [3.63, 3.8) is 0 Å². The molecule has 1 aromatic carbocycles. The Bertz CT molecular complexity index is 1200. The molecule has 0 saturated carbocycles. The molecule has 0 fully saturated rings. The molecule has 2 N–H and O–H groups in total. The lowest BCUT2D eigenvalue weighted by molar-refractivity contribution is 0.0926. The fraction of sp³-hybridized carbons (Fsp3) is 0.250. The Balaban J connectivity index is 1.74. The summed E-state index contributed by atoms with van der Waals surface area (Å²) >= 11 is 0. The fourth-order valence-corrected chi connectivity index (χ4v) is 3.86. The van der Waals surface area contributed by atoms with Crippen molar-refractivity contribution >= 4 is 11.0 Å². The molecule has 28 heavy (non-hydrogen) atoms. The first-order valence-electron chi connectivity index (χ1n) is 8.93. The lowest BCUT2D eigenvalue weighted by atomic mass is 9.99. The predicted octanol–water partition coefficient (Wildman–Crippen LogP) is 2.96. The highest BCUT2D eigenvalue weighted by atomic mass is 19.1. The number of aromatic amines is 1. The molecular weight excluding hydrogens is 361 g/mol. The average Bonchev–Trinajstić information content (AvgIpc) is 3.38. The number of aryl methyl sites for hydroxylation is 1. The Hall–Kier alpha value is -3.26. The molecule has 2 atom stereocenters. The van der Waals surface area contributed by atoms with Gasteiger partial charge in [-0.05, 0) is 11.1 Å². The zero-order chi connectivity index (χ0) is 19.4. The highest BCUT2D eigenvalue weighted by Crippen LogP contribution is 2.42. The van der Waals surface area contributed by atoms with Crippen molar-refractivity contribution in [2.45, 2.75) is 18.7 Å². The zero-order valence-corrected chi connectivity index (χ0v) is 15.3. The Kier molecular flexibility index (Phi) is 3.70. The van der Waals surface area contributed by atoms with Crippen LogP contribution in [0, 0.1) is 0 Å². The van der Waals surface area contributed by atoms with Crippen LogP contribution < -0.4 is 4.74 Å². The first-order chi connectivity index (χ1) is 13.6.